The van der Waals surface area contributed by atoms with Crippen LogP contribution in [0.1, 0.15) is 0 Å². The molecule has 9 aromatic rings. The average Bonchev–Trinajstić information content (AvgIpc) is 3.71. The van der Waals surface area contributed by atoms with Crippen molar-refractivity contribution in [1.29, 1.82) is 0 Å². The highest BCUT2D eigenvalue weighted by Crippen LogP contribution is 2.39. The third kappa shape index (κ3) is 4.72. The number of aromatic nitrogens is 2. The highest BCUT2D eigenvalue weighted by molar-refractivity contribution is 6.31. The van der Waals surface area contributed by atoms with E-state index in [-0.39, 0.29) is 0 Å². The van der Waals surface area contributed by atoms with Gasteiger partial charge in [-0.25, -0.2) is 4.98 Å². The summed E-state index contributed by atoms with van der Waals surface area (Å²) in [6.45, 7) is 0. The topological polar surface area (TPSA) is 31.0 Å². The van der Waals surface area contributed by atoms with Crippen molar-refractivity contribution in [1.82, 2.24) is 9.55 Å². The Morgan fingerprint density at radius 1 is 0.468 bits per heavy atom. The average molecular weight is 623 g/mol. The van der Waals surface area contributed by atoms with Crippen molar-refractivity contribution in [2.24, 2.45) is 0 Å². The van der Waals surface area contributed by atoms with Crippen LogP contribution in [0.5, 0.6) is 0 Å². The van der Waals surface area contributed by atoms with Crippen molar-refractivity contribution in [3.05, 3.63) is 169 Å². The number of rotatable bonds is 5. The molecule has 0 unspecified atom stereocenters. The van der Waals surface area contributed by atoms with Gasteiger partial charge in [0, 0.05) is 33.1 Å². The van der Waals surface area contributed by atoms with Crippen LogP contribution in [-0.4, -0.2) is 9.55 Å². The van der Waals surface area contributed by atoms with Crippen molar-refractivity contribution in [2.75, 3.05) is 0 Å². The Morgan fingerprint density at radius 3 is 1.55 bits per heavy atom. The van der Waals surface area contributed by atoms with Crippen LogP contribution in [0.25, 0.3) is 83.4 Å². The predicted molar refractivity (Wildman–Crippen MR) is 195 cm³/mol. The first-order valence-electron chi connectivity index (χ1n) is 15.7. The minimum atomic E-state index is 0.580. The molecule has 47 heavy (non-hydrogen) atoms. The molecular weight excluding hydrogens is 596 g/mol. The number of benzene rings is 7. The smallest absolute Gasteiger partial charge is 0.227 e. The Balaban J connectivity index is 1.09. The molecule has 0 saturated heterocycles. The zero-order chi connectivity index (χ0) is 31.3. The summed E-state index contributed by atoms with van der Waals surface area (Å²) < 4.78 is 8.37. The molecule has 3 nitrogen and oxygen atoms in total. The van der Waals surface area contributed by atoms with Crippen LogP contribution in [0.15, 0.2) is 168 Å². The SMILES string of the molecule is Clc1ccc2nc(-c3ccc(-c4ccccc4-c4ccccc4-c4ccc(-n5c6ccccc6c6ccccc65)cc4)cc3)oc2c1. The third-order valence-corrected chi connectivity index (χ3v) is 9.19. The Labute approximate surface area is 276 Å². The summed E-state index contributed by atoms with van der Waals surface area (Å²) in [5.41, 5.74) is 13.0. The molecule has 0 fully saturated rings. The van der Waals surface area contributed by atoms with E-state index >= 15 is 0 Å². The number of nitrogens with zero attached hydrogens (tertiary/aromatic N) is 2. The van der Waals surface area contributed by atoms with Gasteiger partial charge in [0.05, 0.1) is 11.0 Å². The van der Waals surface area contributed by atoms with E-state index in [9.17, 15) is 0 Å². The summed E-state index contributed by atoms with van der Waals surface area (Å²) >= 11 is 6.16. The van der Waals surface area contributed by atoms with Gasteiger partial charge in [0.15, 0.2) is 5.58 Å². The van der Waals surface area contributed by atoms with E-state index in [0.29, 0.717) is 16.5 Å². The lowest BCUT2D eigenvalue weighted by atomic mass is 9.89. The molecule has 0 saturated carbocycles. The van der Waals surface area contributed by atoms with Gasteiger partial charge in [0.25, 0.3) is 0 Å². The lowest BCUT2D eigenvalue weighted by molar-refractivity contribution is 0.620. The maximum atomic E-state index is 6.16. The first-order valence-corrected chi connectivity index (χ1v) is 16.0. The summed E-state index contributed by atoms with van der Waals surface area (Å²) in [5, 5.41) is 3.16. The van der Waals surface area contributed by atoms with Gasteiger partial charge >= 0.3 is 0 Å². The van der Waals surface area contributed by atoms with E-state index < -0.39 is 0 Å². The molecule has 0 spiro atoms. The molecule has 0 aliphatic heterocycles. The lowest BCUT2D eigenvalue weighted by Gasteiger charge is -2.15. The highest BCUT2D eigenvalue weighted by atomic mass is 35.5. The largest absolute Gasteiger partial charge is 0.436 e. The van der Waals surface area contributed by atoms with E-state index in [1.807, 2.05) is 12.1 Å². The maximum Gasteiger partial charge on any atom is 0.227 e. The molecule has 0 bridgehead atoms. The lowest BCUT2D eigenvalue weighted by Crippen LogP contribution is -1.94. The van der Waals surface area contributed by atoms with Gasteiger partial charge < -0.3 is 8.98 Å². The van der Waals surface area contributed by atoms with Crippen LogP contribution in [0.2, 0.25) is 5.02 Å². The van der Waals surface area contributed by atoms with Gasteiger partial charge in [0.1, 0.15) is 5.52 Å². The van der Waals surface area contributed by atoms with Gasteiger partial charge in [-0.2, -0.15) is 0 Å². The molecule has 222 valence electrons. The molecule has 0 N–H and O–H groups in total. The van der Waals surface area contributed by atoms with Crippen LogP contribution in [0.3, 0.4) is 0 Å². The fraction of sp³-hybridized carbons (Fsp3) is 0. The molecule has 0 radical (unpaired) electrons. The van der Waals surface area contributed by atoms with Crippen LogP contribution < -0.4 is 0 Å². The van der Waals surface area contributed by atoms with Crippen LogP contribution in [0.4, 0.5) is 0 Å². The van der Waals surface area contributed by atoms with Gasteiger partial charge in [-0.3, -0.25) is 0 Å². The van der Waals surface area contributed by atoms with Gasteiger partial charge in [-0.05, 0) is 81.9 Å². The molecule has 0 atom stereocenters. The highest BCUT2D eigenvalue weighted by Gasteiger charge is 2.15. The normalized spacial score (nSPS) is 11.5. The first-order chi connectivity index (χ1) is 23.2. The maximum absolute atomic E-state index is 6.16. The van der Waals surface area contributed by atoms with Crippen molar-refractivity contribution in [3.8, 4) is 50.5 Å². The summed E-state index contributed by atoms with van der Waals surface area (Å²) in [4.78, 5) is 4.66. The molecule has 0 aliphatic carbocycles. The minimum absolute atomic E-state index is 0.580. The third-order valence-electron chi connectivity index (χ3n) is 8.95. The molecule has 7 aromatic carbocycles. The van der Waals surface area contributed by atoms with Crippen molar-refractivity contribution >= 4 is 44.5 Å². The Bertz CT molecular complexity index is 2520. The van der Waals surface area contributed by atoms with E-state index in [1.54, 1.807) is 6.07 Å². The second-order valence-electron chi connectivity index (χ2n) is 11.7. The van der Waals surface area contributed by atoms with Gasteiger partial charge in [-0.15, -0.1) is 0 Å². The summed E-state index contributed by atoms with van der Waals surface area (Å²) in [5.74, 6) is 0.580. The molecular formula is C43H27ClN2O. The Morgan fingerprint density at radius 2 is 0.957 bits per heavy atom. The minimum Gasteiger partial charge on any atom is -0.436 e. The van der Waals surface area contributed by atoms with Gasteiger partial charge in [-0.1, -0.05) is 121 Å². The van der Waals surface area contributed by atoms with E-state index in [4.69, 9.17) is 16.0 Å². The standard InChI is InChI=1S/C43H27ClN2O/c44-31-23-26-39-42(27-31)47-43(45-39)30-19-17-28(18-20-30)33-9-1-3-11-35(33)36-12-4-2-10-34(36)29-21-24-32(25-22-29)46-40-15-7-5-13-37(40)38-14-6-8-16-41(38)46/h1-27H. The van der Waals surface area contributed by atoms with Crippen molar-refractivity contribution in [2.45, 2.75) is 0 Å². The Kier molecular flexibility index (Phi) is 6.51. The van der Waals surface area contributed by atoms with Crippen molar-refractivity contribution in [3.63, 3.8) is 0 Å². The quantitative estimate of drug-likeness (QED) is 0.191. The molecule has 2 aromatic heterocycles. The zero-order valence-electron chi connectivity index (χ0n) is 25.3. The number of fused-ring (bicyclic) bond motifs is 4. The number of oxazole rings is 1. The van der Waals surface area contributed by atoms with Crippen LogP contribution in [-0.2, 0) is 0 Å². The number of hydrogen-bond donors (Lipinski definition) is 0. The molecule has 0 aliphatic rings. The summed E-state index contributed by atoms with van der Waals surface area (Å²) in [6.07, 6.45) is 0. The summed E-state index contributed by atoms with van der Waals surface area (Å²) in [6, 6.07) is 57.4. The fourth-order valence-corrected chi connectivity index (χ4v) is 6.91. The molecule has 2 heterocycles. The van der Waals surface area contributed by atoms with Crippen molar-refractivity contribution < 1.29 is 4.42 Å². The second kappa shape index (κ2) is 11.2. The van der Waals surface area contributed by atoms with E-state index in [0.717, 1.165) is 27.9 Å². The molecule has 4 heteroatoms. The molecule has 9 rings (SSSR count). The van der Waals surface area contributed by atoms with Crippen LogP contribution in [0, 0.1) is 0 Å². The number of halogens is 1. The Hall–Kier alpha value is -5.90. The first kappa shape index (κ1) is 27.4. The fourth-order valence-electron chi connectivity index (χ4n) is 6.74. The second-order valence-corrected chi connectivity index (χ2v) is 12.2. The van der Waals surface area contributed by atoms with E-state index in [2.05, 4.69) is 155 Å². The number of para-hydroxylation sites is 2. The van der Waals surface area contributed by atoms with Gasteiger partial charge in [0.2, 0.25) is 5.89 Å². The summed E-state index contributed by atoms with van der Waals surface area (Å²) in [7, 11) is 0. The monoisotopic (exact) mass is 622 g/mol. The zero-order valence-corrected chi connectivity index (χ0v) is 26.0. The molecule has 0 amide bonds. The predicted octanol–water partition coefficient (Wildman–Crippen LogP) is 12.2. The van der Waals surface area contributed by atoms with E-state index in [1.165, 1.54) is 44.1 Å². The van der Waals surface area contributed by atoms with Crippen LogP contribution >= 0.6 is 11.6 Å². The number of hydrogen-bond acceptors (Lipinski definition) is 2.